The summed E-state index contributed by atoms with van der Waals surface area (Å²) in [7, 11) is 3.19. The molecule has 0 unspecified atom stereocenters. The normalized spacial score (nSPS) is 16.8. The minimum absolute atomic E-state index is 0.127. The average Bonchev–Trinajstić information content (AvgIpc) is 3.11. The average molecular weight is 581 g/mol. The van der Waals surface area contributed by atoms with Gasteiger partial charge in [-0.25, -0.2) is 0 Å². The fourth-order valence-corrected chi connectivity index (χ4v) is 6.59. The number of amides is 1. The van der Waals surface area contributed by atoms with Gasteiger partial charge in [-0.15, -0.1) is 0 Å². The van der Waals surface area contributed by atoms with Crippen LogP contribution in [0.4, 0.5) is 5.82 Å². The Balaban J connectivity index is 1.70. The lowest BCUT2D eigenvalue weighted by molar-refractivity contribution is -0.122. The first kappa shape index (κ1) is 29.7. The Kier molecular flexibility index (Phi) is 9.93. The molecule has 40 heavy (non-hydrogen) atoms. The van der Waals surface area contributed by atoms with Gasteiger partial charge in [0, 0.05) is 31.7 Å². The van der Waals surface area contributed by atoms with Crippen LogP contribution < -0.4 is 19.9 Å². The largest absolute Gasteiger partial charge is 0.493 e. The number of benzene rings is 1. The highest BCUT2D eigenvalue weighted by Crippen LogP contribution is 2.37. The van der Waals surface area contributed by atoms with Crippen molar-refractivity contribution < 1.29 is 14.3 Å². The van der Waals surface area contributed by atoms with Crippen molar-refractivity contribution >= 4 is 46.1 Å². The highest BCUT2D eigenvalue weighted by molar-refractivity contribution is 8.26. The van der Waals surface area contributed by atoms with Gasteiger partial charge in [-0.1, -0.05) is 49.8 Å². The number of aromatic nitrogens is 1. The van der Waals surface area contributed by atoms with Gasteiger partial charge < -0.3 is 14.4 Å². The summed E-state index contributed by atoms with van der Waals surface area (Å²) in [5, 5.41) is 9.89. The van der Waals surface area contributed by atoms with E-state index in [-0.39, 0.29) is 17.0 Å². The van der Waals surface area contributed by atoms with Crippen molar-refractivity contribution in [2.24, 2.45) is 0 Å². The smallest absolute Gasteiger partial charge is 0.270 e. The number of pyridine rings is 1. The molecule has 1 aromatic carbocycles. The maximum absolute atomic E-state index is 13.6. The minimum atomic E-state index is -0.263. The number of methoxy groups -OCH3 is 2. The number of carbonyl (C=O) groups excluding carboxylic acids is 1. The molecule has 0 saturated carbocycles. The lowest BCUT2D eigenvalue weighted by atomic mass is 10.0. The van der Waals surface area contributed by atoms with Crippen LogP contribution in [-0.2, 0) is 17.8 Å². The zero-order chi connectivity index (χ0) is 28.8. The number of hydrogen-bond donors (Lipinski definition) is 0. The molecule has 0 spiro atoms. The summed E-state index contributed by atoms with van der Waals surface area (Å²) in [5.74, 6) is 1.93. The van der Waals surface area contributed by atoms with E-state index in [4.69, 9.17) is 21.7 Å². The Labute approximate surface area is 245 Å². The van der Waals surface area contributed by atoms with E-state index in [9.17, 15) is 14.9 Å². The Bertz CT molecular complexity index is 1420. The molecule has 0 N–H and O–H groups in total. The predicted molar refractivity (Wildman–Crippen MR) is 164 cm³/mol. The SMILES string of the molecule is CCCn1c(N2CCCCCC2)c(/C=C2\SC(=S)N(CCc3ccc(OC)c(OC)c3)C2=O)c(C)c(C#N)c1=O. The zero-order valence-electron chi connectivity index (χ0n) is 23.6. The molecule has 0 radical (unpaired) electrons. The van der Waals surface area contributed by atoms with E-state index in [2.05, 4.69) is 11.0 Å². The third-order valence-electron chi connectivity index (χ3n) is 7.42. The highest BCUT2D eigenvalue weighted by Gasteiger charge is 2.33. The second-order valence-corrected chi connectivity index (χ2v) is 11.7. The Morgan fingerprint density at radius 2 is 1.77 bits per heavy atom. The first-order chi connectivity index (χ1) is 19.3. The van der Waals surface area contributed by atoms with Crippen molar-refractivity contribution in [3.05, 3.63) is 55.7 Å². The van der Waals surface area contributed by atoms with Gasteiger partial charge in [0.15, 0.2) is 11.5 Å². The van der Waals surface area contributed by atoms with Crippen molar-refractivity contribution in [3.63, 3.8) is 0 Å². The molecule has 2 aromatic rings. The molecule has 1 amide bonds. The molecule has 2 saturated heterocycles. The van der Waals surface area contributed by atoms with Crippen molar-refractivity contribution in [1.82, 2.24) is 9.47 Å². The monoisotopic (exact) mass is 580 g/mol. The van der Waals surface area contributed by atoms with Crippen molar-refractivity contribution in [2.75, 3.05) is 38.8 Å². The third-order valence-corrected chi connectivity index (χ3v) is 8.80. The number of thioether (sulfide) groups is 1. The van der Waals surface area contributed by atoms with Crippen LogP contribution in [0.5, 0.6) is 11.5 Å². The molecule has 4 rings (SSSR count). The number of ether oxygens (including phenoxy) is 2. The van der Waals surface area contributed by atoms with Gasteiger partial charge in [0.05, 0.1) is 19.1 Å². The molecule has 0 bridgehead atoms. The Morgan fingerprint density at radius 1 is 1.07 bits per heavy atom. The molecule has 0 aliphatic carbocycles. The first-order valence-electron chi connectivity index (χ1n) is 13.7. The van der Waals surface area contributed by atoms with Crippen LogP contribution in [0.15, 0.2) is 27.9 Å². The first-order valence-corrected chi connectivity index (χ1v) is 15.0. The lowest BCUT2D eigenvalue weighted by Crippen LogP contribution is -2.35. The van der Waals surface area contributed by atoms with Gasteiger partial charge in [-0.3, -0.25) is 19.1 Å². The molecule has 0 atom stereocenters. The second kappa shape index (κ2) is 13.4. The number of nitrogens with zero attached hydrogens (tertiary/aromatic N) is 4. The molecule has 2 fully saturated rings. The summed E-state index contributed by atoms with van der Waals surface area (Å²) in [6.45, 7) is 6.43. The van der Waals surface area contributed by atoms with E-state index in [0.29, 0.717) is 45.8 Å². The molecule has 3 heterocycles. The summed E-state index contributed by atoms with van der Waals surface area (Å²) >= 11 is 6.89. The van der Waals surface area contributed by atoms with Gasteiger partial charge >= 0.3 is 0 Å². The van der Waals surface area contributed by atoms with Crippen LogP contribution in [0.3, 0.4) is 0 Å². The summed E-state index contributed by atoms with van der Waals surface area (Å²) in [4.78, 5) is 31.4. The van der Waals surface area contributed by atoms with Crippen LogP contribution >= 0.6 is 24.0 Å². The molecule has 2 aliphatic rings. The molecule has 8 nitrogen and oxygen atoms in total. The minimum Gasteiger partial charge on any atom is -0.493 e. The molecule has 10 heteroatoms. The van der Waals surface area contributed by atoms with Crippen molar-refractivity contribution in [1.29, 1.82) is 5.26 Å². The Hall–Kier alpha value is -3.29. The third kappa shape index (κ3) is 6.06. The second-order valence-electron chi connectivity index (χ2n) is 9.98. The maximum Gasteiger partial charge on any atom is 0.270 e. The Morgan fingerprint density at radius 3 is 2.40 bits per heavy atom. The van der Waals surface area contributed by atoms with E-state index < -0.39 is 0 Å². The summed E-state index contributed by atoms with van der Waals surface area (Å²) in [5.41, 5.74) is 2.23. The topological polar surface area (TPSA) is 87.8 Å². The molecule has 2 aliphatic heterocycles. The van der Waals surface area contributed by atoms with E-state index >= 15 is 0 Å². The van der Waals surface area contributed by atoms with Gasteiger partial charge in [0.25, 0.3) is 11.5 Å². The number of carbonyl (C=O) groups is 1. The van der Waals surface area contributed by atoms with E-state index in [1.165, 1.54) is 11.8 Å². The molecular formula is C30H36N4O4S2. The number of anilines is 1. The number of thiocarbonyl (C=S) groups is 1. The quantitative estimate of drug-likeness (QED) is 0.293. The number of hydrogen-bond acceptors (Lipinski definition) is 8. The fraction of sp³-hybridized carbons (Fsp3) is 0.467. The maximum atomic E-state index is 13.6. The van der Waals surface area contributed by atoms with Gasteiger partial charge in [0.2, 0.25) is 0 Å². The number of rotatable bonds is 9. The van der Waals surface area contributed by atoms with Crippen molar-refractivity contribution in [3.8, 4) is 17.6 Å². The van der Waals surface area contributed by atoms with E-state index in [1.807, 2.05) is 31.2 Å². The van der Waals surface area contributed by atoms with Crippen LogP contribution in [-0.4, -0.2) is 53.5 Å². The number of nitriles is 1. The fourth-order valence-electron chi connectivity index (χ4n) is 5.30. The van der Waals surface area contributed by atoms with Crippen molar-refractivity contribution in [2.45, 2.75) is 58.9 Å². The van der Waals surface area contributed by atoms with Crippen LogP contribution in [0, 0.1) is 18.3 Å². The predicted octanol–water partition coefficient (Wildman–Crippen LogP) is 5.28. The van der Waals surface area contributed by atoms with Crippen LogP contribution in [0.1, 0.15) is 61.3 Å². The summed E-state index contributed by atoms with van der Waals surface area (Å²) in [6.07, 6.45) is 7.58. The van der Waals surface area contributed by atoms with E-state index in [0.717, 1.165) is 62.1 Å². The summed E-state index contributed by atoms with van der Waals surface area (Å²) in [6, 6.07) is 7.83. The standard InChI is InChI=1S/C30H36N4O4S2/c1-5-13-33-27(32-14-8-6-7-9-15-32)22(20(2)23(19-31)28(33)35)18-26-29(36)34(30(39)40-26)16-12-21-10-11-24(37-3)25(17-21)38-4/h10-11,17-18H,5-9,12-16H2,1-4H3/b26-18-. The zero-order valence-corrected chi connectivity index (χ0v) is 25.3. The van der Waals surface area contributed by atoms with E-state index in [1.54, 1.807) is 30.6 Å². The highest BCUT2D eigenvalue weighted by atomic mass is 32.2. The lowest BCUT2D eigenvalue weighted by Gasteiger charge is -2.29. The van der Waals surface area contributed by atoms with Crippen LogP contribution in [0.25, 0.3) is 6.08 Å². The van der Waals surface area contributed by atoms with Gasteiger partial charge in [-0.05, 0) is 61.9 Å². The van der Waals surface area contributed by atoms with Gasteiger partial charge in [0.1, 0.15) is 21.8 Å². The summed E-state index contributed by atoms with van der Waals surface area (Å²) < 4.78 is 13.0. The van der Waals surface area contributed by atoms with Gasteiger partial charge in [-0.2, -0.15) is 5.26 Å². The molecular weight excluding hydrogens is 544 g/mol. The molecule has 1 aromatic heterocycles. The molecule has 212 valence electrons. The van der Waals surface area contributed by atoms with Crippen LogP contribution in [0.2, 0.25) is 0 Å².